The molecule has 0 spiro atoms. The van der Waals surface area contributed by atoms with Crippen LogP contribution in [-0.2, 0) is 22.5 Å². The van der Waals surface area contributed by atoms with E-state index >= 15 is 0 Å². The number of morpholine rings is 1. The number of ether oxygens (including phenoxy) is 2. The lowest BCUT2D eigenvalue weighted by Gasteiger charge is -2.37. The van der Waals surface area contributed by atoms with Gasteiger partial charge in [-0.05, 0) is 33.0 Å². The second-order valence-corrected chi connectivity index (χ2v) is 10.2. The van der Waals surface area contributed by atoms with Crippen LogP contribution in [0.2, 0.25) is 0 Å². The van der Waals surface area contributed by atoms with E-state index in [1.807, 2.05) is 0 Å². The van der Waals surface area contributed by atoms with E-state index in [-0.39, 0.29) is 5.60 Å². The lowest BCUT2D eigenvalue weighted by molar-refractivity contribution is -0.0558. The summed E-state index contributed by atoms with van der Waals surface area (Å²) in [6, 6.07) is 0. The Hall–Kier alpha value is -2.07. The predicted octanol–water partition coefficient (Wildman–Crippen LogP) is 3.29. The van der Waals surface area contributed by atoms with Gasteiger partial charge in [-0.1, -0.05) is 6.92 Å². The van der Waals surface area contributed by atoms with Gasteiger partial charge in [0.05, 0.1) is 35.6 Å². The van der Waals surface area contributed by atoms with E-state index in [4.69, 9.17) is 19.4 Å². The summed E-state index contributed by atoms with van der Waals surface area (Å²) in [5.41, 5.74) is 3.39. The molecular weight excluding hydrogens is 424 g/mol. The molecule has 1 N–H and O–H groups in total. The predicted molar refractivity (Wildman–Crippen MR) is 130 cm³/mol. The van der Waals surface area contributed by atoms with Gasteiger partial charge in [0.15, 0.2) is 0 Å². The molecule has 3 aromatic heterocycles. The molecule has 0 saturated carbocycles. The first-order valence-electron chi connectivity index (χ1n) is 11.4. The molecule has 0 bridgehead atoms. The van der Waals surface area contributed by atoms with E-state index in [2.05, 4.69) is 48.0 Å². The van der Waals surface area contributed by atoms with Crippen LogP contribution in [0, 0.1) is 0 Å². The third-order valence-corrected chi connectivity index (χ3v) is 7.70. The van der Waals surface area contributed by atoms with Gasteiger partial charge < -0.3 is 24.6 Å². The monoisotopic (exact) mass is 456 g/mol. The average Bonchev–Trinajstić information content (AvgIpc) is 3.18. The Morgan fingerprint density at radius 3 is 2.78 bits per heavy atom. The molecule has 32 heavy (non-hydrogen) atoms. The minimum absolute atomic E-state index is 0.169. The molecule has 5 heterocycles. The van der Waals surface area contributed by atoms with Crippen LogP contribution in [0.1, 0.15) is 31.4 Å². The lowest BCUT2D eigenvalue weighted by atomic mass is 9.87. The van der Waals surface area contributed by atoms with Crippen molar-refractivity contribution in [3.05, 3.63) is 17.5 Å². The molecule has 5 rings (SSSR count). The summed E-state index contributed by atoms with van der Waals surface area (Å²) in [6.07, 6.45) is 3.51. The molecule has 0 radical (unpaired) electrons. The van der Waals surface area contributed by atoms with E-state index < -0.39 is 0 Å². The van der Waals surface area contributed by atoms with Crippen LogP contribution in [0.3, 0.4) is 0 Å². The average molecular weight is 457 g/mol. The van der Waals surface area contributed by atoms with Gasteiger partial charge in [0.2, 0.25) is 0 Å². The summed E-state index contributed by atoms with van der Waals surface area (Å²) in [5.74, 6) is 1.95. The number of hydrogen-bond donors (Lipinski definition) is 1. The molecule has 2 aliphatic heterocycles. The molecule has 8 nitrogen and oxygen atoms in total. The zero-order valence-electron chi connectivity index (χ0n) is 19.4. The number of fused-ring (bicyclic) bond motifs is 5. The van der Waals surface area contributed by atoms with Crippen molar-refractivity contribution < 1.29 is 9.47 Å². The molecule has 172 valence electrons. The SMILES string of the molecule is CCC1(C)Cc2c(c(N3CCOCC3)nc3sc4c(NCCN(C)C)ncnc4c23)CO1. The Kier molecular flexibility index (Phi) is 5.92. The molecule has 9 heteroatoms. The maximum atomic E-state index is 6.37. The highest BCUT2D eigenvalue weighted by Crippen LogP contribution is 2.44. The first-order chi connectivity index (χ1) is 15.5. The number of aromatic nitrogens is 3. The maximum absolute atomic E-state index is 6.37. The van der Waals surface area contributed by atoms with Gasteiger partial charge in [-0.2, -0.15) is 0 Å². The molecule has 1 saturated heterocycles. The number of pyridine rings is 1. The third-order valence-electron chi connectivity index (χ3n) is 6.62. The third kappa shape index (κ3) is 3.91. The first kappa shape index (κ1) is 21.8. The number of likely N-dealkylation sites (N-methyl/N-ethyl adjacent to an activating group) is 1. The summed E-state index contributed by atoms with van der Waals surface area (Å²) in [5, 5.41) is 4.68. The van der Waals surface area contributed by atoms with E-state index in [9.17, 15) is 0 Å². The van der Waals surface area contributed by atoms with Crippen molar-refractivity contribution in [2.75, 3.05) is 63.7 Å². The Balaban J connectivity index is 1.67. The fourth-order valence-electron chi connectivity index (χ4n) is 4.50. The van der Waals surface area contributed by atoms with Crippen LogP contribution in [0.25, 0.3) is 20.4 Å². The molecule has 1 fully saturated rings. The van der Waals surface area contributed by atoms with Gasteiger partial charge in [0.1, 0.15) is 22.8 Å². The Labute approximate surface area is 192 Å². The van der Waals surface area contributed by atoms with Gasteiger partial charge >= 0.3 is 0 Å². The van der Waals surface area contributed by atoms with Crippen LogP contribution < -0.4 is 10.2 Å². The molecule has 3 aromatic rings. The van der Waals surface area contributed by atoms with Gasteiger partial charge in [0, 0.05) is 43.5 Å². The zero-order valence-corrected chi connectivity index (χ0v) is 20.2. The van der Waals surface area contributed by atoms with Crippen molar-refractivity contribution in [3.63, 3.8) is 0 Å². The van der Waals surface area contributed by atoms with Crippen LogP contribution in [-0.4, -0.2) is 78.9 Å². The van der Waals surface area contributed by atoms with Crippen LogP contribution >= 0.6 is 11.3 Å². The normalized spacial score (nSPS) is 21.5. The van der Waals surface area contributed by atoms with Crippen LogP contribution in [0.4, 0.5) is 11.6 Å². The van der Waals surface area contributed by atoms with Crippen molar-refractivity contribution in [2.24, 2.45) is 0 Å². The van der Waals surface area contributed by atoms with Crippen molar-refractivity contribution in [1.82, 2.24) is 19.9 Å². The minimum Gasteiger partial charge on any atom is -0.378 e. The standard InChI is InChI=1S/C23H32N6O2S/c1-5-23(2)12-15-16(13-31-23)21(29-8-10-30-11-9-29)27-22-17(15)18-19(32-22)20(26-14-25-18)24-6-7-28(3)4/h14H,5-13H2,1-4H3,(H,24,25,26). The lowest BCUT2D eigenvalue weighted by Crippen LogP contribution is -2.40. The van der Waals surface area contributed by atoms with Gasteiger partial charge in [-0.3, -0.25) is 0 Å². The van der Waals surface area contributed by atoms with Crippen LogP contribution in [0.5, 0.6) is 0 Å². The number of nitrogens with one attached hydrogen (secondary N) is 1. The van der Waals surface area contributed by atoms with E-state index in [1.165, 1.54) is 16.5 Å². The van der Waals surface area contributed by atoms with Crippen molar-refractivity contribution in [3.8, 4) is 0 Å². The number of hydrogen-bond acceptors (Lipinski definition) is 9. The van der Waals surface area contributed by atoms with Crippen molar-refractivity contribution in [2.45, 2.75) is 38.9 Å². The summed E-state index contributed by atoms with van der Waals surface area (Å²) in [4.78, 5) is 20.0. The van der Waals surface area contributed by atoms with Crippen molar-refractivity contribution in [1.29, 1.82) is 0 Å². The summed E-state index contributed by atoms with van der Waals surface area (Å²) in [7, 11) is 4.15. The highest BCUT2D eigenvalue weighted by molar-refractivity contribution is 7.26. The molecule has 0 aliphatic carbocycles. The topological polar surface area (TPSA) is 75.6 Å². The molecular formula is C23H32N6O2S. The zero-order chi connectivity index (χ0) is 22.3. The quantitative estimate of drug-likeness (QED) is 0.606. The fourth-order valence-corrected chi connectivity index (χ4v) is 5.62. The van der Waals surface area contributed by atoms with Gasteiger partial charge in [-0.15, -0.1) is 11.3 Å². The van der Waals surface area contributed by atoms with Crippen LogP contribution in [0.15, 0.2) is 6.33 Å². The largest absolute Gasteiger partial charge is 0.378 e. The Morgan fingerprint density at radius 1 is 1.22 bits per heavy atom. The molecule has 1 atom stereocenters. The second kappa shape index (κ2) is 8.70. The summed E-state index contributed by atoms with van der Waals surface area (Å²) >= 11 is 1.69. The second-order valence-electron chi connectivity index (χ2n) is 9.17. The molecule has 1 unspecified atom stereocenters. The highest BCUT2D eigenvalue weighted by Gasteiger charge is 2.35. The Morgan fingerprint density at radius 2 is 2.03 bits per heavy atom. The molecule has 0 amide bonds. The number of rotatable bonds is 6. The summed E-state index contributed by atoms with van der Waals surface area (Å²) in [6.45, 7) is 9.97. The van der Waals surface area contributed by atoms with Crippen molar-refractivity contribution >= 4 is 43.4 Å². The fraction of sp³-hybridized carbons (Fsp3) is 0.609. The minimum atomic E-state index is -0.169. The molecule has 2 aliphatic rings. The van der Waals surface area contributed by atoms with E-state index in [0.717, 1.165) is 78.9 Å². The summed E-state index contributed by atoms with van der Waals surface area (Å²) < 4.78 is 13.0. The molecule has 0 aromatic carbocycles. The Bertz CT molecular complexity index is 1130. The maximum Gasteiger partial charge on any atom is 0.147 e. The van der Waals surface area contributed by atoms with E-state index in [1.54, 1.807) is 17.7 Å². The number of anilines is 2. The smallest absolute Gasteiger partial charge is 0.147 e. The number of nitrogens with zero attached hydrogens (tertiary/aromatic N) is 5. The highest BCUT2D eigenvalue weighted by atomic mass is 32.1. The van der Waals surface area contributed by atoms with Gasteiger partial charge in [0.25, 0.3) is 0 Å². The van der Waals surface area contributed by atoms with E-state index in [0.29, 0.717) is 6.61 Å². The first-order valence-corrected chi connectivity index (χ1v) is 12.2. The van der Waals surface area contributed by atoms with Gasteiger partial charge in [-0.25, -0.2) is 15.0 Å². The number of thiophene rings is 1.